The average molecular weight is 1110 g/mol. The number of esters is 1. The summed E-state index contributed by atoms with van der Waals surface area (Å²) < 4.78 is 66.1. The van der Waals surface area contributed by atoms with Crippen LogP contribution in [-0.4, -0.2) is 169 Å². The van der Waals surface area contributed by atoms with Crippen molar-refractivity contribution in [2.45, 2.75) is 186 Å². The van der Waals surface area contributed by atoms with E-state index in [4.69, 9.17) is 42.4 Å². The van der Waals surface area contributed by atoms with Crippen LogP contribution in [0.25, 0.3) is 0 Å². The second-order valence-corrected chi connectivity index (χ2v) is 25.5. The van der Waals surface area contributed by atoms with Gasteiger partial charge in [0.25, 0.3) is 5.91 Å². The van der Waals surface area contributed by atoms with Crippen LogP contribution in [0.15, 0.2) is 47.6 Å². The molecule has 1 saturated carbocycles. The van der Waals surface area contributed by atoms with Crippen molar-refractivity contribution in [1.82, 2.24) is 4.90 Å². The Morgan fingerprint density at radius 1 is 0.805 bits per heavy atom. The van der Waals surface area contributed by atoms with Gasteiger partial charge in [-0.1, -0.05) is 71.1 Å². The predicted octanol–water partition coefficient (Wildman–Crippen LogP) is 8.82. The van der Waals surface area contributed by atoms with Crippen LogP contribution < -0.4 is 0 Å². The van der Waals surface area contributed by atoms with E-state index >= 15 is 0 Å². The highest BCUT2D eigenvalue weighted by molar-refractivity contribution is 7.57. The first-order chi connectivity index (χ1) is 36.4. The summed E-state index contributed by atoms with van der Waals surface area (Å²) in [5.74, 6) is -6.56. The third-order valence-corrected chi connectivity index (χ3v) is 16.8. The molecule has 17 nitrogen and oxygen atoms in total. The van der Waals surface area contributed by atoms with Crippen molar-refractivity contribution in [3.63, 3.8) is 0 Å². The molecular weight excluding hydrogens is 1010 g/mol. The van der Waals surface area contributed by atoms with Gasteiger partial charge in [-0.05, 0) is 107 Å². The minimum atomic E-state index is -2.79. The number of Topliss-reactive ketones (excluding diaryl/α,β-unsaturated/α-hetero) is 3. The van der Waals surface area contributed by atoms with E-state index in [2.05, 4.69) is 0 Å². The van der Waals surface area contributed by atoms with E-state index in [1.165, 1.54) is 19.1 Å². The summed E-state index contributed by atoms with van der Waals surface area (Å²) in [6, 6.07) is -1.10. The quantitative estimate of drug-likeness (QED) is 0.0534. The number of carbonyl (C=O) groups excluding carboxylic acids is 5. The summed E-state index contributed by atoms with van der Waals surface area (Å²) in [6.45, 7) is 18.0. The summed E-state index contributed by atoms with van der Waals surface area (Å²) >= 11 is 0. The topological polar surface area (TPSA) is 209 Å². The zero-order valence-corrected chi connectivity index (χ0v) is 49.6. The van der Waals surface area contributed by atoms with E-state index in [0.717, 1.165) is 12.0 Å². The molecule has 3 fully saturated rings. The number of allylic oxidation sites excluding steroid dienone is 6. The van der Waals surface area contributed by atoms with E-state index in [1.54, 1.807) is 47.5 Å². The van der Waals surface area contributed by atoms with Crippen molar-refractivity contribution in [3.05, 3.63) is 47.6 Å². The predicted molar refractivity (Wildman–Crippen MR) is 295 cm³/mol. The first kappa shape index (κ1) is 66.3. The highest BCUT2D eigenvalue weighted by atomic mass is 31.2. The van der Waals surface area contributed by atoms with Gasteiger partial charge < -0.3 is 52.4 Å². The van der Waals surface area contributed by atoms with Crippen molar-refractivity contribution < 1.29 is 76.1 Å². The number of methoxy groups -OCH3 is 4. The Balaban J connectivity index is 1.71. The Morgan fingerprint density at radius 2 is 1.52 bits per heavy atom. The maximum absolute atomic E-state index is 14.6. The lowest BCUT2D eigenvalue weighted by Crippen LogP contribution is -2.54. The van der Waals surface area contributed by atoms with Crippen LogP contribution in [-0.2, 0) is 71.0 Å². The fraction of sp³-hybridized carbons (Fsp3) is 0.780. The third-order valence-electron chi connectivity index (χ3n) is 16.0. The smallest absolute Gasteiger partial charge is 0.329 e. The molecule has 77 heavy (non-hydrogen) atoms. The van der Waals surface area contributed by atoms with Gasteiger partial charge in [0.05, 0.1) is 57.3 Å². The number of carbonyl (C=O) groups is 5. The van der Waals surface area contributed by atoms with Crippen LogP contribution in [0.1, 0.15) is 132 Å². The molecule has 1 N–H and O–H groups in total. The molecule has 4 aliphatic rings. The van der Waals surface area contributed by atoms with Gasteiger partial charge in [-0.25, -0.2) is 4.79 Å². The van der Waals surface area contributed by atoms with E-state index in [-0.39, 0.29) is 73.4 Å². The minimum absolute atomic E-state index is 0.0336. The van der Waals surface area contributed by atoms with Crippen LogP contribution >= 0.6 is 7.37 Å². The molecule has 3 aliphatic heterocycles. The Kier molecular flexibility index (Phi) is 27.8. The third kappa shape index (κ3) is 20.7. The molecule has 0 aromatic heterocycles. The second-order valence-electron chi connectivity index (χ2n) is 22.8. The second kappa shape index (κ2) is 32.3. The Bertz CT molecular complexity index is 2080. The monoisotopic (exact) mass is 1110 g/mol. The van der Waals surface area contributed by atoms with Crippen LogP contribution in [0, 0.1) is 35.5 Å². The van der Waals surface area contributed by atoms with Gasteiger partial charge in [0.2, 0.25) is 5.78 Å². The van der Waals surface area contributed by atoms with E-state index in [9.17, 15) is 33.6 Å². The van der Waals surface area contributed by atoms with Crippen LogP contribution in [0.3, 0.4) is 0 Å². The fourth-order valence-electron chi connectivity index (χ4n) is 11.4. The van der Waals surface area contributed by atoms with E-state index in [1.807, 2.05) is 65.0 Å². The Hall–Kier alpha value is -3.22. The van der Waals surface area contributed by atoms with Crippen LogP contribution in [0.5, 0.6) is 0 Å². The molecule has 2 saturated heterocycles. The summed E-state index contributed by atoms with van der Waals surface area (Å²) in [7, 11) is 3.41. The highest BCUT2D eigenvalue weighted by Crippen LogP contribution is 2.45. The molecule has 4 rings (SSSR count). The molecule has 0 radical (unpaired) electrons. The van der Waals surface area contributed by atoms with Crippen LogP contribution in [0.2, 0.25) is 0 Å². The molecule has 438 valence electrons. The lowest BCUT2D eigenvalue weighted by Gasteiger charge is -2.43. The minimum Gasteiger partial charge on any atom is -0.460 e. The maximum Gasteiger partial charge on any atom is 0.329 e. The van der Waals surface area contributed by atoms with E-state index < -0.39 is 85.6 Å². The van der Waals surface area contributed by atoms with Crippen molar-refractivity contribution in [1.29, 1.82) is 0 Å². The zero-order valence-electron chi connectivity index (χ0n) is 48.7. The lowest BCUT2D eigenvalue weighted by molar-refractivity contribution is -0.282. The number of hydrogen-bond donors (Lipinski definition) is 1. The van der Waals surface area contributed by atoms with Gasteiger partial charge in [0.1, 0.15) is 30.1 Å². The Morgan fingerprint density at radius 3 is 2.19 bits per heavy atom. The number of piperidine rings is 1. The molecule has 0 aromatic carbocycles. The molecule has 1 aliphatic carbocycles. The number of hydrogen-bond acceptors (Lipinski definition) is 16. The molecule has 18 heteroatoms. The number of ketones is 3. The largest absolute Gasteiger partial charge is 0.460 e. The van der Waals surface area contributed by atoms with Gasteiger partial charge in [-0.15, -0.1) is 0 Å². The molecule has 0 aromatic rings. The summed E-state index contributed by atoms with van der Waals surface area (Å²) in [5, 5.41) is 12.1. The highest BCUT2D eigenvalue weighted by Gasteiger charge is 2.47. The van der Waals surface area contributed by atoms with Gasteiger partial charge in [-0.3, -0.25) is 23.7 Å². The lowest BCUT2D eigenvalue weighted by atomic mass is 9.78. The van der Waals surface area contributed by atoms with E-state index in [0.29, 0.717) is 83.2 Å². The van der Waals surface area contributed by atoms with Crippen LogP contribution in [0.4, 0.5) is 0 Å². The number of cyclic esters (lactones) is 1. The summed E-state index contributed by atoms with van der Waals surface area (Å²) in [4.78, 5) is 72.9. The maximum atomic E-state index is 14.6. The summed E-state index contributed by atoms with van der Waals surface area (Å²) in [5.41, 5.74) is 1.53. The molecule has 1 amide bonds. The number of nitrogens with zero attached hydrogens (tertiary/aromatic N) is 1. The van der Waals surface area contributed by atoms with Gasteiger partial charge in [0.15, 0.2) is 18.9 Å². The van der Waals surface area contributed by atoms with Gasteiger partial charge in [0, 0.05) is 78.9 Å². The molecule has 1 unspecified atom stereocenters. The number of amides is 1. The number of ether oxygens (including phenoxy) is 8. The average Bonchev–Trinajstić information content (AvgIpc) is 3.38. The first-order valence-electron chi connectivity index (χ1n) is 28.2. The molecule has 3 heterocycles. The number of rotatable bonds is 15. The van der Waals surface area contributed by atoms with Gasteiger partial charge in [-0.2, -0.15) is 0 Å². The number of fused-ring (bicyclic) bond motifs is 3. The van der Waals surface area contributed by atoms with Crippen molar-refractivity contribution in [2.75, 3.05) is 74.7 Å². The molecule has 15 atom stereocenters. The Labute approximate surface area is 460 Å². The van der Waals surface area contributed by atoms with Crippen molar-refractivity contribution in [3.8, 4) is 0 Å². The molecular formula is C59H96NO16P. The van der Waals surface area contributed by atoms with Crippen molar-refractivity contribution >= 4 is 36.6 Å². The zero-order chi connectivity index (χ0) is 57.0. The SMILES string of the molecule is COCCOCCOC1C[C@@H]2CC[C@@H](C)[C@](O)(CC(=O)C(=O)N3CCCC[C@H]3C(=O)O[C@H]([C@H](C)C[C@@H]3CC[C@@H](OP(C)(C)=O)[C@H](OC)C3)CC(=O)[C@H](C)/C=C(\C)[C@@H](OC)[C@@H](OC)C(=O)[C@H](C)C[C@H](C)/C=C/C=C/C=C1C)O2. The molecule has 0 spiro atoms. The number of aliphatic hydroxyl groups is 1. The molecule has 2 bridgehead atoms. The summed E-state index contributed by atoms with van der Waals surface area (Å²) in [6.07, 6.45) is 12.5. The standard InChI is InChI=1S/C59H96NO16P/c1-38-19-15-14-16-20-39(2)51(73-30-29-72-28-27-68-8)35-46-24-22-44(7)59(66,75-46)37-49(62)57(64)60-26-18-17-21-47(60)58(65)74-52(41(4)33-45-23-25-50(53(34-45)69-9)76-77(12,13)67)36-48(61)40(3)32-43(6)55(70-10)56(71-11)54(63)42(5)31-38/h14-16,19-20,32,38,40-42,44-47,50-53,55-56,66H,17-18,21-31,33-37H2,1-13H3/b16-14+,19-15+,39-20?,43-32+/t38-,40-,41-,42-,44-,45+,46+,47+,50-,51?,52+,53-,55-,56+,59+/m1/s1. The van der Waals surface area contributed by atoms with Gasteiger partial charge >= 0.3 is 5.97 Å². The first-order valence-corrected chi connectivity index (χ1v) is 30.7. The van der Waals surface area contributed by atoms with Crippen molar-refractivity contribution in [2.24, 2.45) is 35.5 Å². The fourth-order valence-corrected chi connectivity index (χ4v) is 12.3. The normalized spacial score (nSPS) is 35.7.